The average Bonchev–Trinajstić information content (AvgIpc) is 3.24. The molecule has 1 amide bonds. The van der Waals surface area contributed by atoms with E-state index in [4.69, 9.17) is 0 Å². The molecule has 32 heavy (non-hydrogen) atoms. The zero-order valence-corrected chi connectivity index (χ0v) is 19.2. The molecule has 0 spiro atoms. The highest BCUT2D eigenvalue weighted by Crippen LogP contribution is 2.31. The van der Waals surface area contributed by atoms with Crippen molar-refractivity contribution >= 4 is 21.6 Å². The molecule has 8 nitrogen and oxygen atoms in total. The Bertz CT molecular complexity index is 1090. The Labute approximate surface area is 189 Å². The van der Waals surface area contributed by atoms with E-state index < -0.39 is 16.1 Å². The number of aryl methyl sites for hydroxylation is 1. The van der Waals surface area contributed by atoms with Crippen molar-refractivity contribution in [2.24, 2.45) is 0 Å². The van der Waals surface area contributed by atoms with Gasteiger partial charge in [0.2, 0.25) is 15.9 Å². The summed E-state index contributed by atoms with van der Waals surface area (Å²) in [5.74, 6) is -0.0305. The number of sulfonamides is 1. The lowest BCUT2D eigenvalue weighted by atomic mass is 9.99. The van der Waals surface area contributed by atoms with E-state index in [1.54, 1.807) is 34.6 Å². The van der Waals surface area contributed by atoms with Crippen molar-refractivity contribution in [3.8, 4) is 5.75 Å². The number of nitrogens with one attached hydrogen (secondary N) is 3. The molecule has 0 saturated carbocycles. The molecule has 3 unspecified atom stereocenters. The second-order valence-corrected chi connectivity index (χ2v) is 10.6. The Morgan fingerprint density at radius 1 is 1.12 bits per heavy atom. The van der Waals surface area contributed by atoms with E-state index in [1.807, 2.05) is 26.0 Å². The van der Waals surface area contributed by atoms with Crippen LogP contribution in [0.25, 0.3) is 0 Å². The minimum atomic E-state index is -3.54. The standard InChI is InChI=1S/C23H30N4O4S/c1-15-6-11-19(22(28)13-15)20-14-21(26-25-20)23(29)24-17-7-9-18(10-8-17)32(30,31)27-12-4-3-5-16(27)2/h6-11,13,16,20-21,25-26,28H,3-5,12,14H2,1-2H3,(H,24,29). The number of nitrogens with zero attached hydrogens (tertiary/aromatic N) is 1. The van der Waals surface area contributed by atoms with Gasteiger partial charge in [0.25, 0.3) is 0 Å². The van der Waals surface area contributed by atoms with Crippen molar-refractivity contribution in [1.29, 1.82) is 0 Å². The third-order valence-corrected chi connectivity index (χ3v) is 8.28. The SMILES string of the molecule is Cc1ccc(C2CC(C(=O)Nc3ccc(S(=O)(=O)N4CCCCC4C)cc3)NN2)c(O)c1. The van der Waals surface area contributed by atoms with Gasteiger partial charge in [-0.2, -0.15) is 4.31 Å². The van der Waals surface area contributed by atoms with E-state index in [2.05, 4.69) is 16.2 Å². The lowest BCUT2D eigenvalue weighted by molar-refractivity contribution is -0.117. The van der Waals surface area contributed by atoms with E-state index in [1.165, 1.54) is 0 Å². The number of carbonyl (C=O) groups is 1. The number of benzene rings is 2. The smallest absolute Gasteiger partial charge is 0.243 e. The molecule has 2 fully saturated rings. The number of piperidine rings is 1. The summed E-state index contributed by atoms with van der Waals surface area (Å²) in [5, 5.41) is 13.0. The summed E-state index contributed by atoms with van der Waals surface area (Å²) in [6.07, 6.45) is 3.27. The zero-order chi connectivity index (χ0) is 22.9. The molecule has 2 aliphatic rings. The quantitative estimate of drug-likeness (QED) is 0.548. The van der Waals surface area contributed by atoms with Crippen molar-refractivity contribution in [2.45, 2.75) is 62.6 Å². The van der Waals surface area contributed by atoms with E-state index in [9.17, 15) is 18.3 Å². The van der Waals surface area contributed by atoms with Crippen LogP contribution in [0.3, 0.4) is 0 Å². The van der Waals surface area contributed by atoms with Gasteiger partial charge in [0.1, 0.15) is 11.8 Å². The number of carbonyl (C=O) groups excluding carboxylic acids is 1. The number of anilines is 1. The third-order valence-electron chi connectivity index (χ3n) is 6.25. The Balaban J connectivity index is 1.39. The fraction of sp³-hybridized carbons (Fsp3) is 0.435. The number of hydrogen-bond donors (Lipinski definition) is 4. The zero-order valence-electron chi connectivity index (χ0n) is 18.3. The minimum Gasteiger partial charge on any atom is -0.508 e. The molecule has 2 aliphatic heterocycles. The van der Waals surface area contributed by atoms with Crippen molar-refractivity contribution in [2.75, 3.05) is 11.9 Å². The molecule has 0 bridgehead atoms. The molecule has 2 aromatic carbocycles. The van der Waals surface area contributed by atoms with Gasteiger partial charge in [-0.05, 0) is 69.0 Å². The lowest BCUT2D eigenvalue weighted by Gasteiger charge is -2.32. The topological polar surface area (TPSA) is 111 Å². The monoisotopic (exact) mass is 458 g/mol. The van der Waals surface area contributed by atoms with Gasteiger partial charge in [-0.3, -0.25) is 4.79 Å². The normalized spacial score (nSPS) is 24.4. The molecule has 2 heterocycles. The highest BCUT2D eigenvalue weighted by Gasteiger charge is 2.32. The number of hydrazine groups is 1. The summed E-state index contributed by atoms with van der Waals surface area (Å²) < 4.78 is 27.5. The summed E-state index contributed by atoms with van der Waals surface area (Å²) >= 11 is 0. The van der Waals surface area contributed by atoms with Crippen LogP contribution >= 0.6 is 0 Å². The van der Waals surface area contributed by atoms with Crippen LogP contribution in [-0.4, -0.2) is 42.4 Å². The third kappa shape index (κ3) is 4.66. The van der Waals surface area contributed by atoms with Crippen LogP contribution in [0.4, 0.5) is 5.69 Å². The van der Waals surface area contributed by atoms with Gasteiger partial charge in [0.15, 0.2) is 0 Å². The predicted octanol–water partition coefficient (Wildman–Crippen LogP) is 2.81. The highest BCUT2D eigenvalue weighted by atomic mass is 32.2. The average molecular weight is 459 g/mol. The van der Waals surface area contributed by atoms with Gasteiger partial charge < -0.3 is 10.4 Å². The fourth-order valence-electron chi connectivity index (χ4n) is 4.38. The maximum absolute atomic E-state index is 13.0. The first-order valence-electron chi connectivity index (χ1n) is 11.0. The van der Waals surface area contributed by atoms with E-state index in [0.29, 0.717) is 18.7 Å². The van der Waals surface area contributed by atoms with Crippen LogP contribution in [-0.2, 0) is 14.8 Å². The Kier molecular flexibility index (Phi) is 6.52. The summed E-state index contributed by atoms with van der Waals surface area (Å²) in [4.78, 5) is 12.9. The van der Waals surface area contributed by atoms with Crippen molar-refractivity contribution in [1.82, 2.24) is 15.2 Å². The van der Waals surface area contributed by atoms with Gasteiger partial charge in [-0.1, -0.05) is 18.6 Å². The molecule has 2 aromatic rings. The first-order valence-corrected chi connectivity index (χ1v) is 12.4. The number of hydrogen-bond acceptors (Lipinski definition) is 6. The maximum atomic E-state index is 13.0. The first-order chi connectivity index (χ1) is 15.3. The highest BCUT2D eigenvalue weighted by molar-refractivity contribution is 7.89. The molecule has 9 heteroatoms. The molecule has 0 aliphatic carbocycles. The Morgan fingerprint density at radius 3 is 2.56 bits per heavy atom. The van der Waals surface area contributed by atoms with Crippen LogP contribution in [0.2, 0.25) is 0 Å². The summed E-state index contributed by atoms with van der Waals surface area (Å²) in [7, 11) is -3.54. The number of amides is 1. The molecule has 4 N–H and O–H groups in total. The Hall–Kier alpha value is -2.46. The lowest BCUT2D eigenvalue weighted by Crippen LogP contribution is -2.41. The number of phenolic OH excluding ortho intramolecular Hbond substituents is 1. The summed E-state index contributed by atoms with van der Waals surface area (Å²) in [6, 6.07) is 11.1. The molecule has 2 saturated heterocycles. The summed E-state index contributed by atoms with van der Waals surface area (Å²) in [6.45, 7) is 4.39. The molecular weight excluding hydrogens is 428 g/mol. The van der Waals surface area contributed by atoms with Crippen LogP contribution < -0.4 is 16.2 Å². The number of aromatic hydroxyl groups is 1. The van der Waals surface area contributed by atoms with Gasteiger partial charge in [0.05, 0.1) is 10.9 Å². The van der Waals surface area contributed by atoms with Crippen LogP contribution in [0.1, 0.15) is 49.8 Å². The number of phenols is 1. The minimum absolute atomic E-state index is 0.00465. The molecular formula is C23H30N4O4S. The first kappa shape index (κ1) is 22.7. The van der Waals surface area contributed by atoms with Crippen molar-refractivity contribution < 1.29 is 18.3 Å². The fourth-order valence-corrected chi connectivity index (χ4v) is 6.08. The molecule has 4 rings (SSSR count). The van der Waals surface area contributed by atoms with Gasteiger partial charge >= 0.3 is 0 Å². The van der Waals surface area contributed by atoms with Gasteiger partial charge in [-0.25, -0.2) is 19.3 Å². The second kappa shape index (κ2) is 9.19. The van der Waals surface area contributed by atoms with E-state index in [-0.39, 0.29) is 28.6 Å². The number of rotatable bonds is 5. The van der Waals surface area contributed by atoms with Gasteiger partial charge in [-0.15, -0.1) is 0 Å². The van der Waals surface area contributed by atoms with E-state index >= 15 is 0 Å². The largest absolute Gasteiger partial charge is 0.508 e. The van der Waals surface area contributed by atoms with Crippen molar-refractivity contribution in [3.05, 3.63) is 53.6 Å². The summed E-state index contributed by atoms with van der Waals surface area (Å²) in [5.41, 5.74) is 8.27. The predicted molar refractivity (Wildman–Crippen MR) is 123 cm³/mol. The molecule has 172 valence electrons. The molecule has 0 aromatic heterocycles. The van der Waals surface area contributed by atoms with E-state index in [0.717, 1.165) is 30.4 Å². The van der Waals surface area contributed by atoms with Gasteiger partial charge in [0, 0.05) is 23.8 Å². The van der Waals surface area contributed by atoms with Crippen LogP contribution in [0.5, 0.6) is 5.75 Å². The second-order valence-electron chi connectivity index (χ2n) is 8.67. The molecule has 3 atom stereocenters. The Morgan fingerprint density at radius 2 is 1.88 bits per heavy atom. The molecule has 0 radical (unpaired) electrons. The van der Waals surface area contributed by atoms with Crippen LogP contribution in [0.15, 0.2) is 47.4 Å². The van der Waals surface area contributed by atoms with Crippen molar-refractivity contribution in [3.63, 3.8) is 0 Å². The van der Waals surface area contributed by atoms with Crippen LogP contribution in [0, 0.1) is 6.92 Å². The maximum Gasteiger partial charge on any atom is 0.243 e.